The summed E-state index contributed by atoms with van der Waals surface area (Å²) in [7, 11) is 0. The number of piperidine rings is 1. The van der Waals surface area contributed by atoms with E-state index in [0.29, 0.717) is 6.42 Å². The van der Waals surface area contributed by atoms with Crippen LogP contribution in [-0.2, 0) is 0 Å². The summed E-state index contributed by atoms with van der Waals surface area (Å²) < 4.78 is 0. The van der Waals surface area contributed by atoms with E-state index < -0.39 is 0 Å². The van der Waals surface area contributed by atoms with Crippen LogP contribution >= 0.6 is 0 Å². The maximum atomic E-state index is 8.52. The summed E-state index contributed by atoms with van der Waals surface area (Å²) in [5.41, 5.74) is 0.231. The van der Waals surface area contributed by atoms with E-state index in [1.54, 1.807) is 0 Å². The second-order valence-electron chi connectivity index (χ2n) is 6.55. The molecule has 1 fully saturated rings. The molecule has 0 spiro atoms. The highest BCUT2D eigenvalue weighted by Gasteiger charge is 2.20. The molecule has 1 saturated heterocycles. The number of hydrogen-bond acceptors (Lipinski definition) is 3. The fraction of sp³-hybridized carbons (Fsp3) is 0.933. The van der Waals surface area contributed by atoms with Crippen LogP contribution in [0.5, 0.6) is 0 Å². The zero-order valence-corrected chi connectivity index (χ0v) is 12.3. The van der Waals surface area contributed by atoms with Gasteiger partial charge in [-0.2, -0.15) is 5.26 Å². The number of rotatable bonds is 6. The molecule has 1 N–H and O–H groups in total. The smallest absolute Gasteiger partial charge is 0.0621 e. The predicted molar refractivity (Wildman–Crippen MR) is 76.4 cm³/mol. The van der Waals surface area contributed by atoms with Gasteiger partial charge in [-0.3, -0.25) is 0 Å². The Labute approximate surface area is 113 Å². The first-order valence-electron chi connectivity index (χ1n) is 7.35. The maximum absolute atomic E-state index is 8.52. The van der Waals surface area contributed by atoms with Crippen molar-refractivity contribution in [3.05, 3.63) is 0 Å². The minimum absolute atomic E-state index is 0.231. The van der Waals surface area contributed by atoms with Gasteiger partial charge in [-0.1, -0.05) is 0 Å². The number of nitriles is 1. The highest BCUT2D eigenvalue weighted by molar-refractivity contribution is 4.79. The summed E-state index contributed by atoms with van der Waals surface area (Å²) >= 11 is 0. The van der Waals surface area contributed by atoms with Crippen LogP contribution in [0.4, 0.5) is 0 Å². The van der Waals surface area contributed by atoms with E-state index in [9.17, 15) is 0 Å². The Morgan fingerprint density at radius 2 is 2.11 bits per heavy atom. The second-order valence-corrected chi connectivity index (χ2v) is 6.55. The van der Waals surface area contributed by atoms with Crippen molar-refractivity contribution < 1.29 is 0 Å². The summed E-state index contributed by atoms with van der Waals surface area (Å²) in [6.45, 7) is 11.5. The third-order valence-corrected chi connectivity index (χ3v) is 3.54. The zero-order chi connectivity index (χ0) is 13.4. The Balaban J connectivity index is 2.18. The molecule has 0 aromatic carbocycles. The SMILES string of the molecule is CC(C)(C)NCC1CCCN(CCCCC#N)C1. The minimum Gasteiger partial charge on any atom is -0.312 e. The van der Waals surface area contributed by atoms with Gasteiger partial charge in [0.2, 0.25) is 0 Å². The third kappa shape index (κ3) is 6.98. The van der Waals surface area contributed by atoms with Crippen molar-refractivity contribution in [1.29, 1.82) is 5.26 Å². The van der Waals surface area contributed by atoms with Crippen LogP contribution in [0.15, 0.2) is 0 Å². The number of nitrogens with zero attached hydrogens (tertiary/aromatic N) is 2. The van der Waals surface area contributed by atoms with Gasteiger partial charge in [0, 0.05) is 18.5 Å². The fourth-order valence-corrected chi connectivity index (χ4v) is 2.51. The molecule has 3 heteroatoms. The summed E-state index contributed by atoms with van der Waals surface area (Å²) in [5, 5.41) is 12.1. The molecule has 0 radical (unpaired) electrons. The lowest BCUT2D eigenvalue weighted by molar-refractivity contribution is 0.164. The van der Waals surface area contributed by atoms with E-state index in [1.165, 1.54) is 38.9 Å². The molecule has 0 aliphatic carbocycles. The molecule has 1 unspecified atom stereocenters. The van der Waals surface area contributed by atoms with Crippen LogP contribution in [0, 0.1) is 17.2 Å². The Hall–Kier alpha value is -0.590. The van der Waals surface area contributed by atoms with Crippen LogP contribution in [0.1, 0.15) is 52.9 Å². The lowest BCUT2D eigenvalue weighted by atomic mass is 9.96. The summed E-state index contributed by atoms with van der Waals surface area (Å²) in [4.78, 5) is 2.58. The zero-order valence-electron chi connectivity index (χ0n) is 12.3. The molecule has 3 nitrogen and oxygen atoms in total. The summed E-state index contributed by atoms with van der Waals surface area (Å²) in [5.74, 6) is 0.800. The molecule has 0 saturated carbocycles. The molecular formula is C15H29N3. The second kappa shape index (κ2) is 7.76. The van der Waals surface area contributed by atoms with Crippen LogP contribution in [0.25, 0.3) is 0 Å². The molecule has 0 aromatic rings. The van der Waals surface area contributed by atoms with Crippen LogP contribution in [0.2, 0.25) is 0 Å². The minimum atomic E-state index is 0.231. The van der Waals surface area contributed by atoms with E-state index >= 15 is 0 Å². The molecule has 1 rings (SSSR count). The Kier molecular flexibility index (Phi) is 6.67. The largest absolute Gasteiger partial charge is 0.312 e. The molecule has 1 aliphatic rings. The first kappa shape index (κ1) is 15.5. The van der Waals surface area contributed by atoms with Crippen molar-refractivity contribution in [1.82, 2.24) is 10.2 Å². The molecule has 1 atom stereocenters. The number of nitrogens with one attached hydrogen (secondary N) is 1. The first-order chi connectivity index (χ1) is 8.51. The number of unbranched alkanes of at least 4 members (excludes halogenated alkanes) is 2. The van der Waals surface area contributed by atoms with Gasteiger partial charge in [0.25, 0.3) is 0 Å². The Bertz CT molecular complexity index is 262. The highest BCUT2D eigenvalue weighted by Crippen LogP contribution is 2.17. The quantitative estimate of drug-likeness (QED) is 0.738. The molecule has 0 bridgehead atoms. The molecule has 0 aromatic heterocycles. The molecule has 18 heavy (non-hydrogen) atoms. The van der Waals surface area contributed by atoms with Crippen LogP contribution in [0.3, 0.4) is 0 Å². The average Bonchev–Trinajstić information content (AvgIpc) is 2.32. The van der Waals surface area contributed by atoms with Gasteiger partial charge in [-0.25, -0.2) is 0 Å². The summed E-state index contributed by atoms with van der Waals surface area (Å²) in [6.07, 6.45) is 5.63. The van der Waals surface area contributed by atoms with Gasteiger partial charge in [-0.15, -0.1) is 0 Å². The third-order valence-electron chi connectivity index (χ3n) is 3.54. The molecule has 1 aliphatic heterocycles. The molecule has 0 amide bonds. The number of hydrogen-bond donors (Lipinski definition) is 1. The predicted octanol–water partition coefficient (Wildman–Crippen LogP) is 2.78. The average molecular weight is 251 g/mol. The lowest BCUT2D eigenvalue weighted by Crippen LogP contribution is -2.44. The van der Waals surface area contributed by atoms with Gasteiger partial charge in [0.05, 0.1) is 6.07 Å². The Morgan fingerprint density at radius 1 is 1.33 bits per heavy atom. The Morgan fingerprint density at radius 3 is 2.78 bits per heavy atom. The topological polar surface area (TPSA) is 39.1 Å². The van der Waals surface area contributed by atoms with Gasteiger partial charge in [0.15, 0.2) is 0 Å². The molecule has 1 heterocycles. The maximum Gasteiger partial charge on any atom is 0.0621 e. The van der Waals surface area contributed by atoms with Crippen molar-refractivity contribution in [3.63, 3.8) is 0 Å². The van der Waals surface area contributed by atoms with Gasteiger partial charge >= 0.3 is 0 Å². The first-order valence-corrected chi connectivity index (χ1v) is 7.35. The van der Waals surface area contributed by atoms with Crippen molar-refractivity contribution in [3.8, 4) is 6.07 Å². The van der Waals surface area contributed by atoms with E-state index in [2.05, 4.69) is 37.1 Å². The standard InChI is InChI=1S/C15H29N3/c1-15(2,3)17-12-14-8-7-11-18(13-14)10-6-4-5-9-16/h14,17H,4-8,10-13H2,1-3H3. The van der Waals surface area contributed by atoms with Crippen molar-refractivity contribution in [2.75, 3.05) is 26.2 Å². The van der Waals surface area contributed by atoms with E-state index in [4.69, 9.17) is 5.26 Å². The summed E-state index contributed by atoms with van der Waals surface area (Å²) in [6, 6.07) is 2.22. The number of likely N-dealkylation sites (tertiary alicyclic amines) is 1. The van der Waals surface area contributed by atoms with Gasteiger partial charge in [-0.05, 0) is 72.0 Å². The van der Waals surface area contributed by atoms with E-state index in [0.717, 1.165) is 18.9 Å². The van der Waals surface area contributed by atoms with Crippen molar-refractivity contribution >= 4 is 0 Å². The van der Waals surface area contributed by atoms with E-state index in [-0.39, 0.29) is 5.54 Å². The monoisotopic (exact) mass is 251 g/mol. The van der Waals surface area contributed by atoms with Crippen molar-refractivity contribution in [2.24, 2.45) is 5.92 Å². The van der Waals surface area contributed by atoms with Crippen LogP contribution < -0.4 is 5.32 Å². The molecular weight excluding hydrogens is 222 g/mol. The fourth-order valence-electron chi connectivity index (χ4n) is 2.51. The normalized spacial score (nSPS) is 21.8. The van der Waals surface area contributed by atoms with Crippen LogP contribution in [-0.4, -0.2) is 36.6 Å². The molecule has 104 valence electrons. The van der Waals surface area contributed by atoms with E-state index in [1.807, 2.05) is 0 Å². The highest BCUT2D eigenvalue weighted by atomic mass is 15.1. The lowest BCUT2D eigenvalue weighted by Gasteiger charge is -2.34. The van der Waals surface area contributed by atoms with Crippen molar-refractivity contribution in [2.45, 2.75) is 58.4 Å². The van der Waals surface area contributed by atoms with Gasteiger partial charge < -0.3 is 10.2 Å². The van der Waals surface area contributed by atoms with Gasteiger partial charge in [0.1, 0.15) is 0 Å².